The number of hydrogen-bond acceptors (Lipinski definition) is 4. The van der Waals surface area contributed by atoms with E-state index in [1.54, 1.807) is 42.5 Å². The number of carbonyl (C=O) groups excluding carboxylic acids is 2. The van der Waals surface area contributed by atoms with Gasteiger partial charge < -0.3 is 15.4 Å². The molecule has 0 heterocycles. The predicted molar refractivity (Wildman–Crippen MR) is 119 cm³/mol. The first-order valence-corrected chi connectivity index (χ1v) is 10.1. The number of thiocarbonyl (C=S) groups is 1. The van der Waals surface area contributed by atoms with Crippen molar-refractivity contribution in [2.24, 2.45) is 0 Å². The normalized spacial score (nSPS) is 10.1. The number of halogens is 1. The van der Waals surface area contributed by atoms with Gasteiger partial charge >= 0.3 is 0 Å². The Balaban J connectivity index is 1.97. The van der Waals surface area contributed by atoms with Crippen LogP contribution < -0.4 is 20.7 Å². The molecule has 8 heteroatoms. The van der Waals surface area contributed by atoms with Crippen molar-refractivity contribution in [3.05, 3.63) is 52.5 Å². The van der Waals surface area contributed by atoms with Gasteiger partial charge in [0.05, 0.1) is 12.2 Å². The van der Waals surface area contributed by atoms with E-state index in [1.807, 2.05) is 13.8 Å². The fourth-order valence-corrected chi connectivity index (χ4v) is 2.95. The van der Waals surface area contributed by atoms with Crippen LogP contribution in [0.5, 0.6) is 5.75 Å². The van der Waals surface area contributed by atoms with Crippen LogP contribution in [-0.4, -0.2) is 23.5 Å². The van der Waals surface area contributed by atoms with Crippen LogP contribution in [0.25, 0.3) is 0 Å². The number of amides is 2. The van der Waals surface area contributed by atoms with E-state index in [0.29, 0.717) is 35.7 Å². The number of nitrogens with one attached hydrogen (secondary N) is 3. The smallest absolute Gasteiger partial charge is 0.261 e. The first-order chi connectivity index (χ1) is 13.4. The molecule has 0 aliphatic heterocycles. The molecule has 2 rings (SSSR count). The van der Waals surface area contributed by atoms with Crippen LogP contribution in [0.4, 0.5) is 11.4 Å². The summed E-state index contributed by atoms with van der Waals surface area (Å²) in [5, 5.41) is 8.57. The van der Waals surface area contributed by atoms with E-state index in [1.165, 1.54) is 0 Å². The summed E-state index contributed by atoms with van der Waals surface area (Å²) in [6, 6.07) is 12.3. The third-order valence-electron chi connectivity index (χ3n) is 3.62. The van der Waals surface area contributed by atoms with Gasteiger partial charge in [0.15, 0.2) is 5.11 Å². The quantitative estimate of drug-likeness (QED) is 0.517. The van der Waals surface area contributed by atoms with E-state index < -0.39 is 0 Å². The van der Waals surface area contributed by atoms with Gasteiger partial charge in [-0.1, -0.05) is 22.9 Å². The predicted octanol–water partition coefficient (Wildman–Crippen LogP) is 4.71. The Morgan fingerprint density at radius 2 is 1.68 bits per heavy atom. The van der Waals surface area contributed by atoms with E-state index >= 15 is 0 Å². The molecule has 0 spiro atoms. The second-order valence-corrected chi connectivity index (χ2v) is 7.18. The minimum Gasteiger partial charge on any atom is -0.493 e. The SMILES string of the molecule is CCCC(=O)Nc1ccc(NC(=S)NC(=O)c2cc(Br)ccc2OCC)cc1. The number of carbonyl (C=O) groups is 2. The third-order valence-corrected chi connectivity index (χ3v) is 4.31. The molecule has 2 aromatic rings. The molecular weight excluding hydrogens is 442 g/mol. The van der Waals surface area contributed by atoms with Crippen LogP contribution in [0, 0.1) is 0 Å². The molecule has 0 saturated carbocycles. The molecule has 2 amide bonds. The number of hydrogen-bond donors (Lipinski definition) is 3. The van der Waals surface area contributed by atoms with Crippen molar-refractivity contribution in [2.75, 3.05) is 17.2 Å². The van der Waals surface area contributed by atoms with Gasteiger partial charge in [0.25, 0.3) is 5.91 Å². The van der Waals surface area contributed by atoms with Gasteiger partial charge in [-0.25, -0.2) is 0 Å². The lowest BCUT2D eigenvalue weighted by molar-refractivity contribution is -0.116. The van der Waals surface area contributed by atoms with E-state index in [-0.39, 0.29) is 16.9 Å². The highest BCUT2D eigenvalue weighted by Crippen LogP contribution is 2.23. The lowest BCUT2D eigenvalue weighted by Gasteiger charge is -2.13. The molecule has 0 radical (unpaired) electrons. The molecule has 2 aromatic carbocycles. The summed E-state index contributed by atoms with van der Waals surface area (Å²) in [4.78, 5) is 24.2. The molecule has 6 nitrogen and oxygen atoms in total. The molecule has 28 heavy (non-hydrogen) atoms. The molecule has 0 aliphatic carbocycles. The van der Waals surface area contributed by atoms with E-state index in [0.717, 1.165) is 10.9 Å². The van der Waals surface area contributed by atoms with Gasteiger partial charge in [-0.3, -0.25) is 14.9 Å². The minimum atomic E-state index is -0.370. The molecule has 0 fully saturated rings. The number of ether oxygens (including phenoxy) is 1. The van der Waals surface area contributed by atoms with Gasteiger partial charge in [-0.2, -0.15) is 0 Å². The van der Waals surface area contributed by atoms with Gasteiger partial charge in [-0.05, 0) is 68.0 Å². The molecular formula is C20H22BrN3O3S. The molecule has 0 aliphatic rings. The summed E-state index contributed by atoms with van der Waals surface area (Å²) < 4.78 is 6.26. The Kier molecular flexibility index (Phi) is 8.41. The van der Waals surface area contributed by atoms with Gasteiger partial charge in [-0.15, -0.1) is 0 Å². The highest BCUT2D eigenvalue weighted by molar-refractivity contribution is 9.10. The third kappa shape index (κ3) is 6.61. The van der Waals surface area contributed by atoms with Crippen LogP contribution in [0.3, 0.4) is 0 Å². The number of anilines is 2. The van der Waals surface area contributed by atoms with Crippen LogP contribution in [0.1, 0.15) is 37.0 Å². The fraction of sp³-hybridized carbons (Fsp3) is 0.250. The van der Waals surface area contributed by atoms with Crippen molar-refractivity contribution in [3.8, 4) is 5.75 Å². The van der Waals surface area contributed by atoms with Gasteiger partial charge in [0.1, 0.15) is 5.75 Å². The zero-order valence-corrected chi connectivity index (χ0v) is 18.1. The monoisotopic (exact) mass is 463 g/mol. The molecule has 0 atom stereocenters. The zero-order valence-electron chi connectivity index (χ0n) is 15.7. The van der Waals surface area contributed by atoms with E-state index in [2.05, 4.69) is 31.9 Å². The lowest BCUT2D eigenvalue weighted by Crippen LogP contribution is -2.34. The van der Waals surface area contributed by atoms with Crippen molar-refractivity contribution in [1.29, 1.82) is 0 Å². The van der Waals surface area contributed by atoms with Crippen molar-refractivity contribution in [1.82, 2.24) is 5.32 Å². The van der Waals surface area contributed by atoms with Crippen LogP contribution >= 0.6 is 28.1 Å². The first-order valence-electron chi connectivity index (χ1n) is 8.87. The van der Waals surface area contributed by atoms with Crippen molar-refractivity contribution in [3.63, 3.8) is 0 Å². The topological polar surface area (TPSA) is 79.5 Å². The van der Waals surface area contributed by atoms with Crippen LogP contribution in [0.2, 0.25) is 0 Å². The molecule has 0 aromatic heterocycles. The Hall–Kier alpha value is -2.45. The van der Waals surface area contributed by atoms with Crippen LogP contribution in [0.15, 0.2) is 46.9 Å². The Bertz CT molecular complexity index is 856. The average molecular weight is 464 g/mol. The summed E-state index contributed by atoms with van der Waals surface area (Å²) in [5.74, 6) is 0.0917. The summed E-state index contributed by atoms with van der Waals surface area (Å²) in [7, 11) is 0. The first kappa shape index (κ1) is 21.8. The van der Waals surface area contributed by atoms with E-state index in [9.17, 15) is 9.59 Å². The number of benzene rings is 2. The second kappa shape index (κ2) is 10.8. The zero-order chi connectivity index (χ0) is 20.5. The molecule has 3 N–H and O–H groups in total. The Labute approximate surface area is 178 Å². The standard InChI is InChI=1S/C20H22BrN3O3S/c1-3-5-18(25)22-14-7-9-15(10-8-14)23-20(28)24-19(26)16-12-13(21)6-11-17(16)27-4-2/h6-12H,3-5H2,1-2H3,(H,22,25)(H2,23,24,26,28). The maximum atomic E-state index is 12.5. The van der Waals surface area contributed by atoms with Crippen molar-refractivity contribution < 1.29 is 14.3 Å². The summed E-state index contributed by atoms with van der Waals surface area (Å²) >= 11 is 8.58. The molecule has 0 bridgehead atoms. The maximum absolute atomic E-state index is 12.5. The molecule has 0 saturated heterocycles. The highest BCUT2D eigenvalue weighted by Gasteiger charge is 2.14. The van der Waals surface area contributed by atoms with Crippen LogP contribution in [-0.2, 0) is 4.79 Å². The summed E-state index contributed by atoms with van der Waals surface area (Å²) in [6.45, 7) is 4.25. The van der Waals surface area contributed by atoms with E-state index in [4.69, 9.17) is 17.0 Å². The van der Waals surface area contributed by atoms with Gasteiger partial charge in [0.2, 0.25) is 5.91 Å². The Morgan fingerprint density at radius 3 is 2.29 bits per heavy atom. The second-order valence-electron chi connectivity index (χ2n) is 5.86. The molecule has 148 valence electrons. The average Bonchev–Trinajstić information content (AvgIpc) is 2.65. The highest BCUT2D eigenvalue weighted by atomic mass is 79.9. The fourth-order valence-electron chi connectivity index (χ4n) is 2.38. The van der Waals surface area contributed by atoms with Gasteiger partial charge in [0, 0.05) is 22.3 Å². The van der Waals surface area contributed by atoms with Crippen molar-refractivity contribution in [2.45, 2.75) is 26.7 Å². The Morgan fingerprint density at radius 1 is 1.04 bits per heavy atom. The molecule has 0 unspecified atom stereocenters. The minimum absolute atomic E-state index is 0.0230. The summed E-state index contributed by atoms with van der Waals surface area (Å²) in [6.07, 6.45) is 1.28. The lowest BCUT2D eigenvalue weighted by atomic mass is 10.2. The largest absolute Gasteiger partial charge is 0.493 e. The van der Waals surface area contributed by atoms with Crippen molar-refractivity contribution >= 4 is 56.4 Å². The number of rotatable bonds is 7. The summed E-state index contributed by atoms with van der Waals surface area (Å²) in [5.41, 5.74) is 1.78. The maximum Gasteiger partial charge on any atom is 0.261 e.